The van der Waals surface area contributed by atoms with Crippen molar-refractivity contribution < 1.29 is 14.5 Å². The second-order valence-electron chi connectivity index (χ2n) is 7.78. The Hall–Kier alpha value is -2.62. The van der Waals surface area contributed by atoms with Gasteiger partial charge in [0.1, 0.15) is 11.4 Å². The summed E-state index contributed by atoms with van der Waals surface area (Å²) in [6, 6.07) is 8.51. The molecule has 3 rings (SSSR count). The predicted molar refractivity (Wildman–Crippen MR) is 111 cm³/mol. The molecule has 0 amide bonds. The van der Waals surface area contributed by atoms with Gasteiger partial charge in [-0.3, -0.25) is 0 Å². The van der Waals surface area contributed by atoms with Gasteiger partial charge in [-0.15, -0.1) is 0 Å². The summed E-state index contributed by atoms with van der Waals surface area (Å²) < 4.78 is 1.99. The summed E-state index contributed by atoms with van der Waals surface area (Å²) in [5.41, 5.74) is 8.90. The van der Waals surface area contributed by atoms with Gasteiger partial charge in [-0.1, -0.05) is 35.4 Å². The highest BCUT2D eigenvalue weighted by Crippen LogP contribution is 2.32. The topological polar surface area (TPSA) is 43.5 Å². The van der Waals surface area contributed by atoms with Gasteiger partial charge in [0.25, 0.3) is 0 Å². The van der Waals surface area contributed by atoms with Crippen LogP contribution in [0, 0.1) is 41.5 Å². The summed E-state index contributed by atoms with van der Waals surface area (Å²) in [4.78, 5) is 14.4. The molecule has 4 heteroatoms. The van der Waals surface area contributed by atoms with E-state index in [4.69, 9.17) is 0 Å². The Morgan fingerprint density at radius 1 is 0.889 bits per heavy atom. The van der Waals surface area contributed by atoms with Crippen LogP contribution >= 0.6 is 0 Å². The molecule has 0 spiro atoms. The second kappa shape index (κ2) is 7.18. The molecule has 0 radical (unpaired) electrons. The molecule has 1 heterocycles. The summed E-state index contributed by atoms with van der Waals surface area (Å²) >= 11 is 0. The maximum atomic E-state index is 12.4. The third-order valence-electron chi connectivity index (χ3n) is 5.28. The van der Waals surface area contributed by atoms with Gasteiger partial charge in [0.15, 0.2) is 0 Å². The molecule has 0 fully saturated rings. The molecule has 0 unspecified atom stereocenters. The van der Waals surface area contributed by atoms with E-state index >= 15 is 0 Å². The predicted octanol–water partition coefficient (Wildman–Crippen LogP) is 4.57. The molecule has 2 aromatic carbocycles. The summed E-state index contributed by atoms with van der Waals surface area (Å²) in [7, 11) is 0. The monoisotopic (exact) mass is 365 g/mol. The smallest absolute Gasteiger partial charge is 0.419 e. The molecule has 4 nitrogen and oxygen atoms in total. The molecule has 0 atom stereocenters. The van der Waals surface area contributed by atoms with E-state index in [1.54, 1.807) is 0 Å². The van der Waals surface area contributed by atoms with Crippen molar-refractivity contribution in [3.63, 3.8) is 0 Å². The molecule has 0 aromatic heterocycles. The van der Waals surface area contributed by atoms with Crippen molar-refractivity contribution in [2.45, 2.75) is 48.0 Å². The molecule has 0 saturated heterocycles. The van der Waals surface area contributed by atoms with Crippen LogP contribution in [0.5, 0.6) is 0 Å². The normalized spacial score (nSPS) is 14.7. The Morgan fingerprint density at radius 3 is 1.85 bits per heavy atom. The lowest BCUT2D eigenvalue weighted by Crippen LogP contribution is -2.48. The number of aliphatic carboxylic acids is 1. The minimum atomic E-state index is -0.881. The maximum absolute atomic E-state index is 12.4. The van der Waals surface area contributed by atoms with E-state index in [1.807, 2.05) is 9.48 Å². The van der Waals surface area contributed by atoms with Crippen LogP contribution in [-0.2, 0) is 4.79 Å². The summed E-state index contributed by atoms with van der Waals surface area (Å²) in [6.45, 7) is 13.8. The van der Waals surface area contributed by atoms with Crippen LogP contribution < -0.4 is 4.90 Å². The number of carbonyl (C=O) groups is 1. The number of anilines is 1. The van der Waals surface area contributed by atoms with E-state index in [2.05, 4.69) is 65.8 Å². The van der Waals surface area contributed by atoms with Crippen LogP contribution in [-0.4, -0.2) is 34.6 Å². The van der Waals surface area contributed by atoms with Crippen LogP contribution in [0.15, 0.2) is 24.3 Å². The first-order chi connectivity index (χ1) is 12.7. The Morgan fingerprint density at radius 2 is 1.37 bits per heavy atom. The number of aryl methyl sites for hydroxylation is 6. The molecule has 0 saturated carbocycles. The number of carboxylic acids is 1. The van der Waals surface area contributed by atoms with Crippen LogP contribution in [0.4, 0.5) is 11.4 Å². The van der Waals surface area contributed by atoms with Gasteiger partial charge in [-0.05, 0) is 63.8 Å². The Balaban J connectivity index is 2.28. The van der Waals surface area contributed by atoms with Crippen molar-refractivity contribution in [2.24, 2.45) is 0 Å². The molecule has 1 N–H and O–H groups in total. The number of amidine groups is 1. The SMILES string of the molecule is Cc1cc(C)c(N2CCC[N+](c3c(C)cc(C)cc3C)=C2C(=O)O)c(C)c1. The molecule has 0 bridgehead atoms. The third-order valence-corrected chi connectivity index (χ3v) is 5.28. The molecule has 27 heavy (non-hydrogen) atoms. The highest BCUT2D eigenvalue weighted by Gasteiger charge is 2.38. The van der Waals surface area contributed by atoms with Gasteiger partial charge < -0.3 is 5.11 Å². The zero-order valence-corrected chi connectivity index (χ0v) is 17.2. The van der Waals surface area contributed by atoms with Gasteiger partial charge in [0.05, 0.1) is 13.1 Å². The maximum Gasteiger partial charge on any atom is 0.419 e. The second-order valence-corrected chi connectivity index (χ2v) is 7.78. The number of hydrogen-bond donors (Lipinski definition) is 1. The minimum absolute atomic E-state index is 0.353. The number of hydrogen-bond acceptors (Lipinski definition) is 2. The van der Waals surface area contributed by atoms with Gasteiger partial charge in [0.2, 0.25) is 0 Å². The molecular weight excluding hydrogens is 336 g/mol. The molecule has 0 aliphatic carbocycles. The molecule has 142 valence electrons. The van der Waals surface area contributed by atoms with Crippen molar-refractivity contribution in [3.05, 3.63) is 57.6 Å². The first kappa shape index (κ1) is 19.2. The Kier molecular flexibility index (Phi) is 5.09. The lowest BCUT2D eigenvalue weighted by molar-refractivity contribution is -0.446. The Bertz CT molecular complexity index is 911. The average Bonchev–Trinajstić information content (AvgIpc) is 2.52. The number of nitrogens with zero attached hydrogens (tertiary/aromatic N) is 2. The van der Waals surface area contributed by atoms with Crippen LogP contribution in [0.1, 0.15) is 39.8 Å². The van der Waals surface area contributed by atoms with E-state index in [9.17, 15) is 9.90 Å². The lowest BCUT2D eigenvalue weighted by Gasteiger charge is -2.28. The highest BCUT2D eigenvalue weighted by atomic mass is 16.4. The van der Waals surface area contributed by atoms with Crippen molar-refractivity contribution in [3.8, 4) is 0 Å². The lowest BCUT2D eigenvalue weighted by atomic mass is 10.0. The molecular formula is C23H29N2O2+. The van der Waals surface area contributed by atoms with E-state index < -0.39 is 5.97 Å². The van der Waals surface area contributed by atoms with Crippen LogP contribution in [0.3, 0.4) is 0 Å². The van der Waals surface area contributed by atoms with Crippen molar-refractivity contribution >= 4 is 23.2 Å². The van der Waals surface area contributed by atoms with Gasteiger partial charge >= 0.3 is 11.8 Å². The van der Waals surface area contributed by atoms with Crippen molar-refractivity contribution in [1.82, 2.24) is 0 Å². The number of rotatable bonds is 3. The standard InChI is InChI=1S/C23H28N2O2/c1-14-10-16(3)20(17(4)11-14)24-8-7-9-25(22(24)23(26)27)21-18(5)12-15(2)13-19(21)6/h10-13H,7-9H2,1-6H3/p+1. The third kappa shape index (κ3) is 3.48. The molecule has 1 aliphatic rings. The highest BCUT2D eigenvalue weighted by molar-refractivity contribution is 6.38. The Labute approximate surface area is 161 Å². The average molecular weight is 365 g/mol. The van der Waals surface area contributed by atoms with Crippen molar-refractivity contribution in [1.29, 1.82) is 0 Å². The van der Waals surface area contributed by atoms with Crippen LogP contribution in [0.2, 0.25) is 0 Å². The van der Waals surface area contributed by atoms with E-state index in [-0.39, 0.29) is 0 Å². The van der Waals surface area contributed by atoms with E-state index in [1.165, 1.54) is 11.1 Å². The minimum Gasteiger partial charge on any atom is -0.472 e. The van der Waals surface area contributed by atoms with Gasteiger partial charge in [-0.2, -0.15) is 0 Å². The quantitative estimate of drug-likeness (QED) is 0.810. The zero-order valence-electron chi connectivity index (χ0n) is 17.2. The van der Waals surface area contributed by atoms with E-state index in [0.717, 1.165) is 40.0 Å². The van der Waals surface area contributed by atoms with Gasteiger partial charge in [0, 0.05) is 6.42 Å². The van der Waals surface area contributed by atoms with E-state index in [0.29, 0.717) is 18.9 Å². The zero-order chi connectivity index (χ0) is 19.9. The summed E-state index contributed by atoms with van der Waals surface area (Å²) in [5, 5.41) is 10.2. The summed E-state index contributed by atoms with van der Waals surface area (Å²) in [5.74, 6) is -0.528. The number of carboxylic acid groups (broad SMARTS) is 1. The fourth-order valence-corrected chi connectivity index (χ4v) is 4.61. The molecule has 1 aliphatic heterocycles. The largest absolute Gasteiger partial charge is 0.472 e. The number of benzene rings is 2. The van der Waals surface area contributed by atoms with Crippen LogP contribution in [0.25, 0.3) is 0 Å². The van der Waals surface area contributed by atoms with Crippen molar-refractivity contribution in [2.75, 3.05) is 18.0 Å². The first-order valence-corrected chi connectivity index (χ1v) is 9.51. The summed E-state index contributed by atoms with van der Waals surface area (Å²) in [6.07, 6.45) is 0.913. The fraction of sp³-hybridized carbons (Fsp3) is 0.391. The molecule has 2 aromatic rings. The van der Waals surface area contributed by atoms with Gasteiger partial charge in [-0.25, -0.2) is 14.3 Å². The first-order valence-electron chi connectivity index (χ1n) is 9.51. The fourth-order valence-electron chi connectivity index (χ4n) is 4.61.